The van der Waals surface area contributed by atoms with Crippen molar-refractivity contribution in [1.29, 1.82) is 0 Å². The molecule has 1 saturated heterocycles. The zero-order chi connectivity index (χ0) is 18.5. The van der Waals surface area contributed by atoms with Gasteiger partial charge in [0, 0.05) is 56.8 Å². The van der Waals surface area contributed by atoms with E-state index in [1.54, 1.807) is 6.20 Å². The maximum absolute atomic E-state index is 12.9. The second-order valence-electron chi connectivity index (χ2n) is 6.69. The number of carbonyl (C=O) groups is 1. The molecule has 0 unspecified atom stereocenters. The van der Waals surface area contributed by atoms with Crippen LogP contribution < -0.4 is 9.80 Å². The molecule has 1 amide bonds. The van der Waals surface area contributed by atoms with Crippen LogP contribution in [0.15, 0.2) is 42.6 Å². The largest absolute Gasteiger partial charge is 0.372 e. The quantitative estimate of drug-likeness (QED) is 0.828. The number of rotatable bonds is 5. The standard InChI is InChI=1S/C21H28N4O/c1-4-23(5-2)19-9-10-22-20(16-19)21(26)25-13-11-24(12-14-25)18-8-6-7-17(3)15-18/h6-10,15-16H,4-5,11-14H2,1-3H3. The van der Waals surface area contributed by atoms with Gasteiger partial charge in [0.15, 0.2) is 0 Å². The molecule has 3 rings (SSSR count). The molecule has 0 saturated carbocycles. The van der Waals surface area contributed by atoms with Gasteiger partial charge in [0.05, 0.1) is 0 Å². The third-order valence-electron chi connectivity index (χ3n) is 5.02. The molecule has 1 aliphatic heterocycles. The SMILES string of the molecule is CCN(CC)c1ccnc(C(=O)N2CCN(c3cccc(C)c3)CC2)c1. The minimum Gasteiger partial charge on any atom is -0.372 e. The molecule has 5 nitrogen and oxygen atoms in total. The molecule has 0 N–H and O–H groups in total. The Labute approximate surface area is 156 Å². The molecule has 5 heteroatoms. The summed E-state index contributed by atoms with van der Waals surface area (Å²) in [5.74, 6) is 0.0305. The van der Waals surface area contributed by atoms with Crippen molar-refractivity contribution in [2.24, 2.45) is 0 Å². The second-order valence-corrected chi connectivity index (χ2v) is 6.69. The Hall–Kier alpha value is -2.56. The fourth-order valence-electron chi connectivity index (χ4n) is 3.48. The Bertz CT molecular complexity index is 749. The van der Waals surface area contributed by atoms with Crippen molar-refractivity contribution < 1.29 is 4.79 Å². The fraction of sp³-hybridized carbons (Fsp3) is 0.429. The van der Waals surface area contributed by atoms with E-state index in [0.29, 0.717) is 5.69 Å². The number of hydrogen-bond acceptors (Lipinski definition) is 4. The minimum atomic E-state index is 0.0305. The van der Waals surface area contributed by atoms with E-state index < -0.39 is 0 Å². The van der Waals surface area contributed by atoms with Crippen LogP contribution in [-0.2, 0) is 0 Å². The molecule has 2 heterocycles. The molecule has 26 heavy (non-hydrogen) atoms. The zero-order valence-electron chi connectivity index (χ0n) is 16.0. The van der Waals surface area contributed by atoms with Crippen molar-refractivity contribution in [3.63, 3.8) is 0 Å². The average molecular weight is 352 g/mol. The highest BCUT2D eigenvalue weighted by molar-refractivity contribution is 5.93. The van der Waals surface area contributed by atoms with Crippen molar-refractivity contribution in [2.45, 2.75) is 20.8 Å². The lowest BCUT2D eigenvalue weighted by Gasteiger charge is -2.36. The van der Waals surface area contributed by atoms with Crippen molar-refractivity contribution >= 4 is 17.3 Å². The highest BCUT2D eigenvalue weighted by Gasteiger charge is 2.23. The molecule has 138 valence electrons. The van der Waals surface area contributed by atoms with E-state index in [2.05, 4.69) is 59.8 Å². The first-order valence-corrected chi connectivity index (χ1v) is 9.44. The number of aromatic nitrogens is 1. The summed E-state index contributed by atoms with van der Waals surface area (Å²) >= 11 is 0. The predicted molar refractivity (Wildman–Crippen MR) is 107 cm³/mol. The van der Waals surface area contributed by atoms with Gasteiger partial charge in [-0.1, -0.05) is 12.1 Å². The minimum absolute atomic E-state index is 0.0305. The van der Waals surface area contributed by atoms with Gasteiger partial charge in [0.1, 0.15) is 5.69 Å². The molecule has 1 aromatic carbocycles. The summed E-state index contributed by atoms with van der Waals surface area (Å²) in [6.45, 7) is 11.3. The molecular formula is C21H28N4O. The number of nitrogens with zero attached hydrogens (tertiary/aromatic N) is 4. The van der Waals surface area contributed by atoms with E-state index in [9.17, 15) is 4.79 Å². The Morgan fingerprint density at radius 2 is 1.81 bits per heavy atom. The third-order valence-corrected chi connectivity index (χ3v) is 5.02. The normalized spacial score (nSPS) is 14.4. The van der Waals surface area contributed by atoms with Gasteiger partial charge >= 0.3 is 0 Å². The van der Waals surface area contributed by atoms with Crippen LogP contribution in [0.25, 0.3) is 0 Å². The first kappa shape index (κ1) is 18.2. The predicted octanol–water partition coefficient (Wildman–Crippen LogP) is 3.20. The van der Waals surface area contributed by atoms with Crippen LogP contribution in [-0.4, -0.2) is 55.1 Å². The van der Waals surface area contributed by atoms with E-state index in [4.69, 9.17) is 0 Å². The van der Waals surface area contributed by atoms with Crippen LogP contribution in [0.3, 0.4) is 0 Å². The molecule has 1 fully saturated rings. The third kappa shape index (κ3) is 3.98. The number of carbonyl (C=O) groups excluding carboxylic acids is 1. The Kier molecular flexibility index (Phi) is 5.76. The van der Waals surface area contributed by atoms with Crippen molar-refractivity contribution in [2.75, 3.05) is 49.1 Å². The van der Waals surface area contributed by atoms with Crippen molar-refractivity contribution in [1.82, 2.24) is 9.88 Å². The summed E-state index contributed by atoms with van der Waals surface area (Å²) in [5.41, 5.74) is 4.10. The van der Waals surface area contributed by atoms with Gasteiger partial charge < -0.3 is 14.7 Å². The van der Waals surface area contributed by atoms with Crippen molar-refractivity contribution in [3.8, 4) is 0 Å². The summed E-state index contributed by atoms with van der Waals surface area (Å²) in [6.07, 6.45) is 1.74. The van der Waals surface area contributed by atoms with Crippen molar-refractivity contribution in [3.05, 3.63) is 53.9 Å². The lowest BCUT2D eigenvalue weighted by Crippen LogP contribution is -2.49. The first-order valence-electron chi connectivity index (χ1n) is 9.44. The van der Waals surface area contributed by atoms with Gasteiger partial charge in [-0.05, 0) is 50.6 Å². The molecule has 1 aliphatic rings. The fourth-order valence-corrected chi connectivity index (χ4v) is 3.48. The number of anilines is 2. The number of hydrogen-bond donors (Lipinski definition) is 0. The molecule has 2 aromatic rings. The van der Waals surface area contributed by atoms with E-state index in [-0.39, 0.29) is 5.91 Å². The van der Waals surface area contributed by atoms with Gasteiger partial charge in [-0.25, -0.2) is 0 Å². The van der Waals surface area contributed by atoms with E-state index in [1.807, 2.05) is 17.0 Å². The van der Waals surface area contributed by atoms with E-state index in [0.717, 1.165) is 45.0 Å². The summed E-state index contributed by atoms with van der Waals surface area (Å²) in [4.78, 5) is 23.7. The van der Waals surface area contributed by atoms with E-state index in [1.165, 1.54) is 11.3 Å². The Morgan fingerprint density at radius 1 is 1.08 bits per heavy atom. The molecule has 0 bridgehead atoms. The Balaban J connectivity index is 1.66. The van der Waals surface area contributed by atoms with Crippen LogP contribution in [0.5, 0.6) is 0 Å². The van der Waals surface area contributed by atoms with Crippen LogP contribution >= 0.6 is 0 Å². The summed E-state index contributed by atoms with van der Waals surface area (Å²) in [5, 5.41) is 0. The number of amides is 1. The summed E-state index contributed by atoms with van der Waals surface area (Å²) in [7, 11) is 0. The van der Waals surface area contributed by atoms with Gasteiger partial charge in [-0.3, -0.25) is 9.78 Å². The zero-order valence-corrected chi connectivity index (χ0v) is 16.0. The maximum Gasteiger partial charge on any atom is 0.272 e. The van der Waals surface area contributed by atoms with Gasteiger partial charge in [-0.15, -0.1) is 0 Å². The van der Waals surface area contributed by atoms with Crippen LogP contribution in [0.2, 0.25) is 0 Å². The highest BCUT2D eigenvalue weighted by Crippen LogP contribution is 2.19. The van der Waals surface area contributed by atoms with Crippen LogP contribution in [0.1, 0.15) is 29.9 Å². The van der Waals surface area contributed by atoms with Gasteiger partial charge in [0.2, 0.25) is 0 Å². The number of piperazine rings is 1. The van der Waals surface area contributed by atoms with Crippen LogP contribution in [0.4, 0.5) is 11.4 Å². The molecule has 0 atom stereocenters. The maximum atomic E-state index is 12.9. The highest BCUT2D eigenvalue weighted by atomic mass is 16.2. The second kappa shape index (κ2) is 8.21. The number of aryl methyl sites for hydroxylation is 1. The molecule has 0 radical (unpaired) electrons. The molecule has 0 spiro atoms. The first-order chi connectivity index (χ1) is 12.6. The lowest BCUT2D eigenvalue weighted by molar-refractivity contribution is 0.0741. The monoisotopic (exact) mass is 352 g/mol. The lowest BCUT2D eigenvalue weighted by atomic mass is 10.2. The van der Waals surface area contributed by atoms with Gasteiger partial charge in [-0.2, -0.15) is 0 Å². The average Bonchev–Trinajstić information content (AvgIpc) is 2.69. The summed E-state index contributed by atoms with van der Waals surface area (Å²) < 4.78 is 0. The summed E-state index contributed by atoms with van der Waals surface area (Å²) in [6, 6.07) is 12.4. The van der Waals surface area contributed by atoms with Crippen LogP contribution in [0, 0.1) is 6.92 Å². The number of pyridine rings is 1. The molecular weight excluding hydrogens is 324 g/mol. The Morgan fingerprint density at radius 3 is 2.46 bits per heavy atom. The van der Waals surface area contributed by atoms with E-state index >= 15 is 0 Å². The smallest absolute Gasteiger partial charge is 0.272 e. The molecule has 0 aliphatic carbocycles. The topological polar surface area (TPSA) is 39.7 Å². The van der Waals surface area contributed by atoms with Gasteiger partial charge in [0.25, 0.3) is 5.91 Å². The molecule has 1 aromatic heterocycles. The number of benzene rings is 1.